The smallest absolute Gasteiger partial charge is 0.387 e. The first-order chi connectivity index (χ1) is 18.3. The summed E-state index contributed by atoms with van der Waals surface area (Å²) in [6.45, 7) is -6.46. The van der Waals surface area contributed by atoms with Crippen molar-refractivity contribution >= 4 is 11.8 Å². The molecule has 0 saturated carbocycles. The van der Waals surface area contributed by atoms with Gasteiger partial charge in [-0.15, -0.1) is 11.8 Å². The number of pyridine rings is 2. The first kappa shape index (κ1) is 27.2. The number of hydrogen-bond acceptors (Lipinski definition) is 5. The molecule has 5 nitrogen and oxygen atoms in total. The van der Waals surface area contributed by atoms with Crippen molar-refractivity contribution in [1.82, 2.24) is 4.98 Å². The van der Waals surface area contributed by atoms with Crippen LogP contribution >= 0.6 is 11.8 Å². The number of ether oxygens (including phenoxy) is 2. The van der Waals surface area contributed by atoms with Crippen LogP contribution in [0.2, 0.25) is 0 Å². The lowest BCUT2D eigenvalue weighted by molar-refractivity contribution is -0.605. The molecule has 0 radical (unpaired) electrons. The van der Waals surface area contributed by atoms with Gasteiger partial charge in [0.1, 0.15) is 5.82 Å². The molecule has 0 aliphatic heterocycles. The minimum atomic E-state index is -3.25. The maximum Gasteiger partial charge on any atom is 0.387 e. The molecule has 0 aliphatic rings. The summed E-state index contributed by atoms with van der Waals surface area (Å²) in [5.74, 6) is -1.21. The lowest BCUT2D eigenvalue weighted by Crippen LogP contribution is -2.24. The van der Waals surface area contributed by atoms with Gasteiger partial charge in [0.2, 0.25) is 0 Å². The third kappa shape index (κ3) is 7.58. The van der Waals surface area contributed by atoms with Crippen LogP contribution in [-0.4, -0.2) is 18.2 Å². The lowest BCUT2D eigenvalue weighted by Gasteiger charge is -2.20. The van der Waals surface area contributed by atoms with Crippen LogP contribution in [0.4, 0.5) is 22.0 Å². The van der Waals surface area contributed by atoms with Crippen LogP contribution in [-0.2, 0) is 12.2 Å². The van der Waals surface area contributed by atoms with Crippen molar-refractivity contribution < 1.29 is 36.2 Å². The maximum absolute atomic E-state index is 13.1. The molecule has 2 heterocycles. The molecule has 198 valence electrons. The second kappa shape index (κ2) is 12.6. The fourth-order valence-electron chi connectivity index (χ4n) is 3.79. The average Bonchev–Trinajstić information content (AvgIpc) is 2.89. The molecule has 11 heteroatoms. The van der Waals surface area contributed by atoms with Gasteiger partial charge in [-0.05, 0) is 59.0 Å². The highest BCUT2D eigenvalue weighted by molar-refractivity contribution is 7.98. The van der Waals surface area contributed by atoms with Gasteiger partial charge in [-0.3, -0.25) is 0 Å². The quantitative estimate of drug-likeness (QED) is 0.0901. The number of alkyl halides is 4. The second-order valence-corrected chi connectivity index (χ2v) is 9.13. The topological polar surface area (TPSA) is 58.3 Å². The van der Waals surface area contributed by atoms with E-state index in [0.29, 0.717) is 27.5 Å². The summed E-state index contributed by atoms with van der Waals surface area (Å²) in [6.07, 6.45) is 4.68. The van der Waals surface area contributed by atoms with Gasteiger partial charge in [0.25, 0.3) is 0 Å². The van der Waals surface area contributed by atoms with Crippen LogP contribution < -0.4 is 14.2 Å². The first-order valence-electron chi connectivity index (χ1n) is 11.3. The molecule has 1 atom stereocenters. The van der Waals surface area contributed by atoms with Gasteiger partial charge in [-0.1, -0.05) is 24.3 Å². The van der Waals surface area contributed by atoms with Crippen LogP contribution in [0.5, 0.6) is 11.5 Å². The van der Waals surface area contributed by atoms with Crippen LogP contribution in [0.25, 0.3) is 0 Å². The van der Waals surface area contributed by atoms with Crippen LogP contribution in [0.1, 0.15) is 28.2 Å². The molecule has 2 aromatic carbocycles. The van der Waals surface area contributed by atoms with Crippen molar-refractivity contribution in [2.45, 2.75) is 36.3 Å². The van der Waals surface area contributed by atoms with E-state index in [9.17, 15) is 27.2 Å². The van der Waals surface area contributed by atoms with Crippen molar-refractivity contribution in [3.63, 3.8) is 0 Å². The summed E-state index contributed by atoms with van der Waals surface area (Å²) in [5, 5.41) is 12.2. The van der Waals surface area contributed by atoms with Crippen molar-refractivity contribution in [2.75, 3.05) is 0 Å². The fourth-order valence-corrected chi connectivity index (χ4v) is 4.59. The first-order valence-corrected chi connectivity index (χ1v) is 12.3. The van der Waals surface area contributed by atoms with Crippen LogP contribution in [0.15, 0.2) is 90.3 Å². The van der Waals surface area contributed by atoms with Crippen LogP contribution in [0, 0.1) is 11.0 Å². The molecule has 0 aliphatic carbocycles. The molecule has 0 saturated heterocycles. The van der Waals surface area contributed by atoms with Gasteiger partial charge in [-0.25, -0.2) is 9.37 Å². The van der Waals surface area contributed by atoms with Crippen molar-refractivity contribution in [2.24, 2.45) is 0 Å². The Balaban J connectivity index is 1.62. The van der Waals surface area contributed by atoms with Gasteiger partial charge in [0, 0.05) is 30.0 Å². The highest BCUT2D eigenvalue weighted by Gasteiger charge is 2.21. The van der Waals surface area contributed by atoms with Gasteiger partial charge in [0.15, 0.2) is 23.9 Å². The lowest BCUT2D eigenvalue weighted by atomic mass is 9.87. The van der Waals surface area contributed by atoms with Crippen molar-refractivity contribution in [3.8, 4) is 11.5 Å². The summed E-state index contributed by atoms with van der Waals surface area (Å²) < 4.78 is 74.2. The van der Waals surface area contributed by atoms with E-state index in [0.717, 1.165) is 22.8 Å². The van der Waals surface area contributed by atoms with Gasteiger partial charge in [0.05, 0.1) is 5.03 Å². The molecule has 2 aromatic heterocycles. The number of halogens is 5. The van der Waals surface area contributed by atoms with E-state index < -0.39 is 30.6 Å². The molecule has 4 rings (SSSR count). The normalized spacial score (nSPS) is 12.1. The third-order valence-corrected chi connectivity index (χ3v) is 6.59. The number of aromatic nitrogens is 2. The Kier molecular flexibility index (Phi) is 9.01. The number of hydrogen-bond donors (Lipinski definition) is 0. The number of nitrogens with zero attached hydrogens (tertiary/aromatic N) is 2. The summed E-state index contributed by atoms with van der Waals surface area (Å²) in [5.41, 5.74) is 2.92. The maximum atomic E-state index is 13.1. The summed E-state index contributed by atoms with van der Waals surface area (Å²) in [6, 6.07) is 16.9. The number of rotatable bonds is 11. The van der Waals surface area contributed by atoms with E-state index in [1.807, 2.05) is 6.07 Å². The molecule has 0 fully saturated rings. The third-order valence-electron chi connectivity index (χ3n) is 5.57. The Morgan fingerprint density at radius 3 is 2.08 bits per heavy atom. The van der Waals surface area contributed by atoms with E-state index in [1.54, 1.807) is 36.5 Å². The van der Waals surface area contributed by atoms with E-state index in [4.69, 9.17) is 0 Å². The molecule has 0 N–H and O–H groups in total. The minimum Gasteiger partial charge on any atom is -0.619 e. The molecular formula is C27H21F5N2O3S. The Bertz CT molecular complexity index is 1320. The summed E-state index contributed by atoms with van der Waals surface area (Å²) >= 11 is 1.46. The van der Waals surface area contributed by atoms with E-state index in [2.05, 4.69) is 14.5 Å². The largest absolute Gasteiger partial charge is 0.619 e. The Hall–Kier alpha value is -3.86. The molecule has 0 bridgehead atoms. The van der Waals surface area contributed by atoms with Crippen molar-refractivity contribution in [1.29, 1.82) is 0 Å². The predicted molar refractivity (Wildman–Crippen MR) is 131 cm³/mol. The average molecular weight is 549 g/mol. The molecule has 4 aromatic rings. The summed E-state index contributed by atoms with van der Waals surface area (Å²) in [4.78, 5) is 4.50. The fraction of sp³-hybridized carbons (Fsp3) is 0.185. The highest BCUT2D eigenvalue weighted by atomic mass is 32.2. The molecule has 0 amide bonds. The summed E-state index contributed by atoms with van der Waals surface area (Å²) in [7, 11) is 0. The van der Waals surface area contributed by atoms with Crippen molar-refractivity contribution in [3.05, 3.63) is 119 Å². The SMILES string of the molecule is [O-][n+]1ccc(CC(c2ccc(SCc3ccc(F)cc3)nc2)c2ccc(OC(F)F)c(OC(F)F)c2)cc1. The highest BCUT2D eigenvalue weighted by Crippen LogP contribution is 2.37. The monoisotopic (exact) mass is 548 g/mol. The zero-order valence-electron chi connectivity index (χ0n) is 19.6. The van der Waals surface area contributed by atoms with Crippen LogP contribution in [0.3, 0.4) is 0 Å². The standard InChI is InChI=1S/C27H21F5N2O3S/c28-21-5-1-18(2-6-21)16-38-25-8-4-20(15-33-25)22(13-17-9-11-34(35)12-10-17)19-3-7-23(36-26(29)30)24(14-19)37-27(31)32/h1-12,14-15,22,26-27H,13,16H2. The van der Waals surface area contributed by atoms with E-state index >= 15 is 0 Å². The minimum absolute atomic E-state index is 0.313. The Morgan fingerprint density at radius 1 is 0.789 bits per heavy atom. The Labute approximate surface area is 219 Å². The molecule has 38 heavy (non-hydrogen) atoms. The van der Waals surface area contributed by atoms with Gasteiger partial charge in [-0.2, -0.15) is 22.3 Å². The zero-order chi connectivity index (χ0) is 27.1. The number of thioether (sulfide) groups is 1. The predicted octanol–water partition coefficient (Wildman–Crippen LogP) is 6.72. The Morgan fingerprint density at radius 2 is 1.45 bits per heavy atom. The van der Waals surface area contributed by atoms with Gasteiger partial charge < -0.3 is 14.7 Å². The number of benzene rings is 2. The van der Waals surface area contributed by atoms with E-state index in [1.165, 1.54) is 48.4 Å². The second-order valence-electron chi connectivity index (χ2n) is 8.13. The molecule has 1 unspecified atom stereocenters. The zero-order valence-corrected chi connectivity index (χ0v) is 20.5. The van der Waals surface area contributed by atoms with Gasteiger partial charge >= 0.3 is 13.2 Å². The molecule has 0 spiro atoms. The molecular weight excluding hydrogens is 527 g/mol. The van der Waals surface area contributed by atoms with E-state index in [-0.39, 0.29) is 5.82 Å².